The molecule has 4 heteroatoms. The fraction of sp³-hybridized carbons (Fsp3) is 0. The number of rotatable bonds is 1. The van der Waals surface area contributed by atoms with Crippen molar-refractivity contribution < 1.29 is 9.21 Å². The first-order valence-electron chi connectivity index (χ1n) is 3.94. The molecule has 0 saturated carbocycles. The van der Waals surface area contributed by atoms with Crippen molar-refractivity contribution in [2.75, 3.05) is 0 Å². The van der Waals surface area contributed by atoms with E-state index >= 15 is 0 Å². The molecule has 1 aromatic heterocycles. The largest absolute Gasteiger partial charge is 0.463 e. The summed E-state index contributed by atoms with van der Waals surface area (Å²) < 4.78 is 5.12. The quantitative estimate of drug-likeness (QED) is 0.724. The Morgan fingerprint density at radius 3 is 2.71 bits per heavy atom. The van der Waals surface area contributed by atoms with E-state index in [0.717, 1.165) is 6.26 Å². The lowest BCUT2D eigenvalue weighted by atomic mass is 10.2. The highest BCUT2D eigenvalue weighted by molar-refractivity contribution is 7.97. The molecule has 1 heterocycles. The smallest absolute Gasteiger partial charge is 0.223 e. The van der Waals surface area contributed by atoms with Crippen LogP contribution in [0.1, 0.15) is 10.4 Å². The van der Waals surface area contributed by atoms with Gasteiger partial charge in [-0.2, -0.15) is 0 Å². The number of benzene rings is 1. The Balaban J connectivity index is 2.89. The van der Waals surface area contributed by atoms with Crippen molar-refractivity contribution in [1.29, 1.82) is 0 Å². The van der Waals surface area contributed by atoms with Crippen LogP contribution in [0.15, 0.2) is 39.7 Å². The Kier molecular flexibility index (Phi) is 2.13. The van der Waals surface area contributed by atoms with Gasteiger partial charge in [0.1, 0.15) is 17.4 Å². The van der Waals surface area contributed by atoms with Crippen LogP contribution in [-0.2, 0) is 0 Å². The SMILES string of the molecule is O=C(S)c1coc2ccccc2c1=O. The van der Waals surface area contributed by atoms with Crippen molar-refractivity contribution in [3.63, 3.8) is 0 Å². The third-order valence-electron chi connectivity index (χ3n) is 1.91. The average molecular weight is 206 g/mol. The van der Waals surface area contributed by atoms with E-state index in [0.29, 0.717) is 11.0 Å². The Labute approximate surface area is 84.8 Å². The van der Waals surface area contributed by atoms with Crippen molar-refractivity contribution in [2.45, 2.75) is 0 Å². The summed E-state index contributed by atoms with van der Waals surface area (Å²) in [6.07, 6.45) is 1.14. The number of carbonyl (C=O) groups is 1. The zero-order chi connectivity index (χ0) is 10.1. The van der Waals surface area contributed by atoms with E-state index in [1.165, 1.54) is 0 Å². The van der Waals surface area contributed by atoms with Crippen LogP contribution in [0.3, 0.4) is 0 Å². The molecule has 0 aliphatic rings. The topological polar surface area (TPSA) is 47.3 Å². The molecule has 3 nitrogen and oxygen atoms in total. The Hall–Kier alpha value is -1.55. The molecule has 0 amide bonds. The summed E-state index contributed by atoms with van der Waals surface area (Å²) in [6, 6.07) is 6.75. The average Bonchev–Trinajstić information content (AvgIpc) is 2.18. The summed E-state index contributed by atoms with van der Waals surface area (Å²) in [7, 11) is 0. The van der Waals surface area contributed by atoms with Crippen LogP contribution in [0, 0.1) is 0 Å². The molecule has 0 spiro atoms. The molecule has 14 heavy (non-hydrogen) atoms. The van der Waals surface area contributed by atoms with Gasteiger partial charge in [-0.25, -0.2) is 0 Å². The standard InChI is InChI=1S/C10H6O3S/c11-9-6-3-1-2-4-8(6)13-5-7(9)10(12)14/h1-5H,(H,12,14). The highest BCUT2D eigenvalue weighted by Crippen LogP contribution is 2.11. The Morgan fingerprint density at radius 2 is 2.00 bits per heavy atom. The zero-order valence-corrected chi connectivity index (χ0v) is 7.95. The molecule has 2 aromatic rings. The van der Waals surface area contributed by atoms with Gasteiger partial charge in [-0.1, -0.05) is 12.1 Å². The molecule has 0 unspecified atom stereocenters. The predicted octanol–water partition coefficient (Wildman–Crippen LogP) is 1.86. The van der Waals surface area contributed by atoms with Gasteiger partial charge in [-0.05, 0) is 12.1 Å². The van der Waals surface area contributed by atoms with E-state index in [9.17, 15) is 9.59 Å². The fourth-order valence-electron chi connectivity index (χ4n) is 1.23. The van der Waals surface area contributed by atoms with E-state index < -0.39 is 5.12 Å². The molecule has 0 atom stereocenters. The zero-order valence-electron chi connectivity index (χ0n) is 7.06. The summed E-state index contributed by atoms with van der Waals surface area (Å²) in [6.45, 7) is 0. The van der Waals surface area contributed by atoms with Gasteiger partial charge in [0.25, 0.3) is 0 Å². The third-order valence-corrected chi connectivity index (χ3v) is 2.15. The highest BCUT2D eigenvalue weighted by atomic mass is 32.1. The van der Waals surface area contributed by atoms with Gasteiger partial charge >= 0.3 is 0 Å². The summed E-state index contributed by atoms with van der Waals surface area (Å²) in [4.78, 5) is 22.6. The molecular weight excluding hydrogens is 200 g/mol. The van der Waals surface area contributed by atoms with Gasteiger partial charge < -0.3 is 4.42 Å². The van der Waals surface area contributed by atoms with Crippen LogP contribution in [-0.4, -0.2) is 5.12 Å². The van der Waals surface area contributed by atoms with Gasteiger partial charge in [0.05, 0.1) is 5.39 Å². The minimum atomic E-state index is -0.579. The first-order valence-corrected chi connectivity index (χ1v) is 4.38. The van der Waals surface area contributed by atoms with Crippen molar-refractivity contribution in [2.24, 2.45) is 0 Å². The lowest BCUT2D eigenvalue weighted by Crippen LogP contribution is -2.10. The third kappa shape index (κ3) is 1.33. The van der Waals surface area contributed by atoms with Gasteiger partial charge in [0.15, 0.2) is 0 Å². The minimum Gasteiger partial charge on any atom is -0.463 e. The number of fused-ring (bicyclic) bond motifs is 1. The van der Waals surface area contributed by atoms with E-state index in [-0.39, 0.29) is 11.0 Å². The first-order chi connectivity index (χ1) is 6.70. The predicted molar refractivity (Wildman–Crippen MR) is 55.8 cm³/mol. The maximum atomic E-state index is 11.6. The molecule has 0 bridgehead atoms. The minimum absolute atomic E-state index is 0.0352. The van der Waals surface area contributed by atoms with Crippen LogP contribution >= 0.6 is 12.6 Å². The maximum absolute atomic E-state index is 11.6. The van der Waals surface area contributed by atoms with E-state index in [1.807, 2.05) is 0 Å². The molecule has 1 aromatic carbocycles. The van der Waals surface area contributed by atoms with Crippen molar-refractivity contribution in [3.05, 3.63) is 46.3 Å². The van der Waals surface area contributed by atoms with Gasteiger partial charge in [-0.3, -0.25) is 9.59 Å². The van der Waals surface area contributed by atoms with Crippen molar-refractivity contribution in [3.8, 4) is 0 Å². The Bertz CT molecular complexity index is 557. The number of hydrogen-bond donors (Lipinski definition) is 1. The number of thiol groups is 1. The molecular formula is C10H6O3S. The molecule has 0 aliphatic carbocycles. The molecule has 0 saturated heterocycles. The second-order valence-electron chi connectivity index (χ2n) is 2.78. The molecule has 70 valence electrons. The molecule has 0 radical (unpaired) electrons. The van der Waals surface area contributed by atoms with Gasteiger partial charge in [0, 0.05) is 0 Å². The van der Waals surface area contributed by atoms with Crippen molar-refractivity contribution in [1.82, 2.24) is 0 Å². The second-order valence-corrected chi connectivity index (χ2v) is 3.19. The lowest BCUT2D eigenvalue weighted by molar-refractivity contribution is 0.108. The van der Waals surface area contributed by atoms with E-state index in [1.54, 1.807) is 24.3 Å². The molecule has 0 aliphatic heterocycles. The van der Waals surface area contributed by atoms with Crippen LogP contribution in [0.4, 0.5) is 0 Å². The summed E-state index contributed by atoms with van der Waals surface area (Å²) in [5.74, 6) is 0. The first kappa shape index (κ1) is 9.02. The van der Waals surface area contributed by atoms with E-state index in [4.69, 9.17) is 4.42 Å². The fourth-order valence-corrected chi connectivity index (χ4v) is 1.38. The molecule has 0 N–H and O–H groups in total. The van der Waals surface area contributed by atoms with Crippen LogP contribution in [0.5, 0.6) is 0 Å². The Morgan fingerprint density at radius 1 is 1.29 bits per heavy atom. The maximum Gasteiger partial charge on any atom is 0.223 e. The monoisotopic (exact) mass is 206 g/mol. The summed E-state index contributed by atoms with van der Waals surface area (Å²) in [5.41, 5.74) is 0.0923. The number of para-hydroxylation sites is 1. The van der Waals surface area contributed by atoms with Gasteiger partial charge in [0.2, 0.25) is 10.5 Å². The molecule has 0 fully saturated rings. The van der Waals surface area contributed by atoms with Crippen LogP contribution < -0.4 is 5.43 Å². The normalized spacial score (nSPS) is 10.4. The van der Waals surface area contributed by atoms with Gasteiger partial charge in [-0.15, -0.1) is 12.6 Å². The number of carbonyl (C=O) groups excluding carboxylic acids is 1. The van der Waals surface area contributed by atoms with E-state index in [2.05, 4.69) is 12.6 Å². The van der Waals surface area contributed by atoms with Crippen LogP contribution in [0.2, 0.25) is 0 Å². The van der Waals surface area contributed by atoms with Crippen molar-refractivity contribution >= 4 is 28.7 Å². The summed E-state index contributed by atoms with van der Waals surface area (Å²) >= 11 is 3.58. The number of hydrogen-bond acceptors (Lipinski definition) is 3. The molecule has 2 rings (SSSR count). The van der Waals surface area contributed by atoms with Crippen LogP contribution in [0.25, 0.3) is 11.0 Å². The highest BCUT2D eigenvalue weighted by Gasteiger charge is 2.10. The second kappa shape index (κ2) is 3.31. The summed E-state index contributed by atoms with van der Waals surface area (Å²) in [5, 5.41) is -0.183. The lowest BCUT2D eigenvalue weighted by Gasteiger charge is -1.97.